The lowest BCUT2D eigenvalue weighted by Crippen LogP contribution is -2.37. The quantitative estimate of drug-likeness (QED) is 0.469. The van der Waals surface area contributed by atoms with Crippen LogP contribution in [0.5, 0.6) is 0 Å². The van der Waals surface area contributed by atoms with E-state index in [1.165, 1.54) is 0 Å². The average molecular weight is 322 g/mol. The maximum absolute atomic E-state index is 11.7. The first-order chi connectivity index (χ1) is 10.8. The number of ketones is 2. The van der Waals surface area contributed by atoms with E-state index in [0.717, 1.165) is 38.5 Å². The number of nitrogens with one attached hydrogen (secondary N) is 1. The molecule has 0 spiro atoms. The second kappa shape index (κ2) is 12.2. The molecule has 0 amide bonds. The van der Waals surface area contributed by atoms with E-state index in [2.05, 4.69) is 32.3 Å². The lowest BCUT2D eigenvalue weighted by atomic mass is 9.98. The van der Waals surface area contributed by atoms with Crippen LogP contribution < -0.4 is 5.32 Å². The summed E-state index contributed by atoms with van der Waals surface area (Å²) in [4.78, 5) is 23.3. The zero-order valence-corrected chi connectivity index (χ0v) is 15.5. The summed E-state index contributed by atoms with van der Waals surface area (Å²) in [5.41, 5.74) is 1.28. The van der Waals surface area contributed by atoms with Crippen LogP contribution in [0.25, 0.3) is 0 Å². The first-order valence-corrected chi connectivity index (χ1v) is 8.95. The van der Waals surface area contributed by atoms with Crippen molar-refractivity contribution in [2.24, 2.45) is 0 Å². The van der Waals surface area contributed by atoms with Gasteiger partial charge in [-0.25, -0.2) is 0 Å². The molecule has 0 aromatic carbocycles. The van der Waals surface area contributed by atoms with E-state index in [9.17, 15) is 9.59 Å². The Bertz CT molecular complexity index is 376. The maximum Gasteiger partial charge on any atom is 0.157 e. The van der Waals surface area contributed by atoms with Crippen LogP contribution in [0.2, 0.25) is 0 Å². The first-order valence-electron chi connectivity index (χ1n) is 8.95. The Morgan fingerprint density at radius 1 is 0.826 bits per heavy atom. The highest BCUT2D eigenvalue weighted by atomic mass is 16.1. The van der Waals surface area contributed by atoms with Gasteiger partial charge in [0.25, 0.3) is 0 Å². The smallest absolute Gasteiger partial charge is 0.157 e. The zero-order valence-electron chi connectivity index (χ0n) is 15.5. The first kappa shape index (κ1) is 21.8. The predicted octanol–water partition coefficient (Wildman–Crippen LogP) is 4.76. The highest BCUT2D eigenvalue weighted by Crippen LogP contribution is 2.14. The van der Waals surface area contributed by atoms with Gasteiger partial charge >= 0.3 is 0 Å². The van der Waals surface area contributed by atoms with Gasteiger partial charge in [0.1, 0.15) is 0 Å². The van der Waals surface area contributed by atoms with Gasteiger partial charge in [0, 0.05) is 24.9 Å². The molecular weight excluding hydrogens is 286 g/mol. The van der Waals surface area contributed by atoms with Gasteiger partial charge < -0.3 is 5.32 Å². The predicted molar refractivity (Wildman–Crippen MR) is 98.6 cm³/mol. The Labute approximate surface area is 142 Å². The van der Waals surface area contributed by atoms with Crippen LogP contribution in [0.4, 0.5) is 0 Å². The van der Waals surface area contributed by atoms with Crippen LogP contribution in [0.15, 0.2) is 24.3 Å². The van der Waals surface area contributed by atoms with Gasteiger partial charge in [-0.3, -0.25) is 9.59 Å². The van der Waals surface area contributed by atoms with Crippen LogP contribution in [0.3, 0.4) is 0 Å². The van der Waals surface area contributed by atoms with Crippen molar-refractivity contribution in [3.63, 3.8) is 0 Å². The average Bonchev–Trinajstić information content (AvgIpc) is 2.51. The second-order valence-electron chi connectivity index (χ2n) is 6.57. The van der Waals surface area contributed by atoms with E-state index >= 15 is 0 Å². The van der Waals surface area contributed by atoms with E-state index in [-0.39, 0.29) is 11.6 Å². The summed E-state index contributed by atoms with van der Waals surface area (Å²) < 4.78 is 0. The fraction of sp³-hybridized carbons (Fsp3) is 0.700. The molecule has 0 saturated carbocycles. The molecule has 0 aliphatic carbocycles. The summed E-state index contributed by atoms with van der Waals surface area (Å²) in [5.74, 6) is 0.312. The molecule has 0 rings (SSSR count). The third-order valence-electron chi connectivity index (χ3n) is 4.32. The molecule has 0 radical (unpaired) electrons. The van der Waals surface area contributed by atoms with Crippen molar-refractivity contribution in [2.75, 3.05) is 0 Å². The van der Waals surface area contributed by atoms with Crippen LogP contribution in [0.1, 0.15) is 79.1 Å². The monoisotopic (exact) mass is 321 g/mol. The van der Waals surface area contributed by atoms with E-state index < -0.39 is 0 Å². The van der Waals surface area contributed by atoms with Crippen molar-refractivity contribution < 1.29 is 9.59 Å². The minimum Gasteiger partial charge on any atom is -0.311 e. The molecule has 0 aromatic heterocycles. The van der Waals surface area contributed by atoms with Gasteiger partial charge in [-0.05, 0) is 63.5 Å². The lowest BCUT2D eigenvalue weighted by molar-refractivity contribution is -0.116. The molecule has 1 N–H and O–H groups in total. The molecule has 0 unspecified atom stereocenters. The van der Waals surface area contributed by atoms with Gasteiger partial charge in [0.2, 0.25) is 0 Å². The number of hydrogen-bond donors (Lipinski definition) is 1. The molecule has 0 heterocycles. The Balaban J connectivity index is 4.38. The number of carbonyl (C=O) groups is 2. The zero-order chi connectivity index (χ0) is 17.8. The van der Waals surface area contributed by atoms with Crippen LogP contribution in [-0.2, 0) is 9.59 Å². The maximum atomic E-state index is 11.7. The summed E-state index contributed by atoms with van der Waals surface area (Å²) in [6, 6.07) is 0.879. The van der Waals surface area contributed by atoms with Crippen molar-refractivity contribution in [3.8, 4) is 0 Å². The highest BCUT2D eigenvalue weighted by molar-refractivity contribution is 5.94. The molecule has 23 heavy (non-hydrogen) atoms. The van der Waals surface area contributed by atoms with E-state index in [0.29, 0.717) is 36.1 Å². The molecule has 0 fully saturated rings. The van der Waals surface area contributed by atoms with Crippen LogP contribution in [0, 0.1) is 0 Å². The number of carbonyl (C=O) groups excluding carboxylic acids is 2. The van der Waals surface area contributed by atoms with Crippen LogP contribution >= 0.6 is 0 Å². The van der Waals surface area contributed by atoms with Gasteiger partial charge in [-0.2, -0.15) is 0 Å². The molecular formula is C20H35NO2. The van der Waals surface area contributed by atoms with Gasteiger partial charge in [-0.1, -0.05) is 27.0 Å². The summed E-state index contributed by atoms with van der Waals surface area (Å²) in [7, 11) is 0. The fourth-order valence-corrected chi connectivity index (χ4v) is 2.61. The van der Waals surface area contributed by atoms with Crippen LogP contribution in [-0.4, -0.2) is 23.7 Å². The minimum absolute atomic E-state index is 0.156. The number of allylic oxidation sites excluding steroid dienone is 2. The van der Waals surface area contributed by atoms with E-state index in [4.69, 9.17) is 0 Å². The van der Waals surface area contributed by atoms with Crippen molar-refractivity contribution in [2.45, 2.75) is 91.1 Å². The topological polar surface area (TPSA) is 46.2 Å². The number of rotatable bonds is 14. The Morgan fingerprint density at radius 3 is 1.52 bits per heavy atom. The van der Waals surface area contributed by atoms with Crippen molar-refractivity contribution in [1.29, 1.82) is 0 Å². The van der Waals surface area contributed by atoms with E-state index in [1.807, 2.05) is 0 Å². The summed E-state index contributed by atoms with van der Waals surface area (Å²) >= 11 is 0. The van der Waals surface area contributed by atoms with Crippen molar-refractivity contribution in [1.82, 2.24) is 5.32 Å². The minimum atomic E-state index is 0.156. The Hall–Kier alpha value is -1.22. The van der Waals surface area contributed by atoms with Crippen molar-refractivity contribution in [3.05, 3.63) is 24.3 Å². The fourth-order valence-electron chi connectivity index (χ4n) is 2.61. The van der Waals surface area contributed by atoms with Gasteiger partial charge in [0.15, 0.2) is 11.6 Å². The SMILES string of the molecule is C=C(C)C(=O)CCCC(CCCC(=O)C(=C)C)NC(CC)CC. The Morgan fingerprint density at radius 2 is 1.22 bits per heavy atom. The van der Waals surface area contributed by atoms with Crippen molar-refractivity contribution >= 4 is 11.6 Å². The summed E-state index contributed by atoms with van der Waals surface area (Å²) in [6.07, 6.45) is 7.02. The van der Waals surface area contributed by atoms with Gasteiger partial charge in [0.05, 0.1) is 0 Å². The third kappa shape index (κ3) is 10.2. The lowest BCUT2D eigenvalue weighted by Gasteiger charge is -2.24. The molecule has 0 aliphatic rings. The molecule has 3 heteroatoms. The summed E-state index contributed by atoms with van der Waals surface area (Å²) in [5, 5.41) is 3.69. The third-order valence-corrected chi connectivity index (χ3v) is 4.32. The molecule has 0 aliphatic heterocycles. The molecule has 0 aromatic rings. The largest absolute Gasteiger partial charge is 0.311 e. The van der Waals surface area contributed by atoms with Gasteiger partial charge in [-0.15, -0.1) is 0 Å². The Kier molecular flexibility index (Phi) is 11.6. The number of Topliss-reactive ketones (excluding diaryl/α,β-unsaturated/α-hetero) is 2. The molecule has 0 saturated heterocycles. The summed E-state index contributed by atoms with van der Waals surface area (Å²) in [6.45, 7) is 15.3. The second-order valence-corrected chi connectivity index (χ2v) is 6.57. The number of hydrogen-bond acceptors (Lipinski definition) is 3. The molecule has 3 nitrogen and oxygen atoms in total. The molecule has 0 bridgehead atoms. The molecule has 0 atom stereocenters. The van der Waals surface area contributed by atoms with E-state index in [1.54, 1.807) is 13.8 Å². The normalized spacial score (nSPS) is 11.0. The molecule has 132 valence electrons. The standard InChI is InChI=1S/C20H35NO2/c1-7-17(8-2)21-18(11-9-13-19(22)15(3)4)12-10-14-20(23)16(5)6/h17-18,21H,3,5,7-14H2,1-2,4,6H3. The highest BCUT2D eigenvalue weighted by Gasteiger charge is 2.14.